The summed E-state index contributed by atoms with van der Waals surface area (Å²) in [4.78, 5) is 0. The molecular weight excluding hydrogens is 204 g/mol. The van der Waals surface area contributed by atoms with Crippen LogP contribution >= 0.6 is 23.8 Å². The topological polar surface area (TPSA) is 20.7 Å². The largest absolute Gasteiger partial charge is 0.300 e. The molecule has 0 bridgehead atoms. The Morgan fingerprint density at radius 3 is 2.77 bits per heavy atom. The lowest BCUT2D eigenvalue weighted by atomic mass is 10.3. The lowest BCUT2D eigenvalue weighted by Gasteiger charge is -2.01. The Hall–Kier alpha value is -1.06. The molecule has 2 aromatic rings. The molecule has 0 saturated carbocycles. The molecule has 1 N–H and O–H groups in total. The Bertz CT molecular complexity index is 472. The number of hydrogen-bond acceptors (Lipinski definition) is 1. The van der Waals surface area contributed by atoms with E-state index in [-0.39, 0.29) is 0 Å². The molecule has 0 amide bonds. The van der Waals surface area contributed by atoms with Gasteiger partial charge in [-0.05, 0) is 24.3 Å². The van der Waals surface area contributed by atoms with Crippen LogP contribution < -0.4 is 0 Å². The predicted octanol–water partition coefficient (Wildman–Crippen LogP) is 3.19. The van der Waals surface area contributed by atoms with Gasteiger partial charge < -0.3 is 5.10 Å². The molecule has 0 spiro atoms. The van der Waals surface area contributed by atoms with Crippen LogP contribution in [0.4, 0.5) is 0 Å². The first-order valence-corrected chi connectivity index (χ1v) is 4.58. The first kappa shape index (κ1) is 8.53. The van der Waals surface area contributed by atoms with Crippen molar-refractivity contribution in [1.82, 2.24) is 9.78 Å². The van der Waals surface area contributed by atoms with Crippen LogP contribution in [0.3, 0.4) is 0 Å². The monoisotopic (exact) mass is 210 g/mol. The normalized spacial score (nSPS) is 10.2. The molecule has 0 aliphatic rings. The average Bonchev–Trinajstić information content (AvgIpc) is 2.51. The van der Waals surface area contributed by atoms with Gasteiger partial charge in [0.1, 0.15) is 4.64 Å². The molecule has 1 aromatic carbocycles. The van der Waals surface area contributed by atoms with Crippen LogP contribution in [-0.2, 0) is 0 Å². The van der Waals surface area contributed by atoms with Crippen LogP contribution in [0.2, 0.25) is 5.02 Å². The van der Waals surface area contributed by atoms with Gasteiger partial charge in [0, 0.05) is 11.2 Å². The summed E-state index contributed by atoms with van der Waals surface area (Å²) in [5, 5.41) is 3.71. The van der Waals surface area contributed by atoms with E-state index in [0.717, 1.165) is 10.3 Å². The Morgan fingerprint density at radius 2 is 2.15 bits per heavy atom. The SMILES string of the molecule is S=c1cc[nH]n1-c1cccc(Cl)c1. The highest BCUT2D eigenvalue weighted by atomic mass is 35.5. The van der Waals surface area contributed by atoms with Gasteiger partial charge in [0.15, 0.2) is 0 Å². The molecule has 0 aliphatic heterocycles. The van der Waals surface area contributed by atoms with E-state index in [1.807, 2.05) is 30.3 Å². The summed E-state index contributed by atoms with van der Waals surface area (Å²) >= 11 is 11.0. The molecule has 66 valence electrons. The predicted molar refractivity (Wildman–Crippen MR) is 56.0 cm³/mol. The van der Waals surface area contributed by atoms with E-state index < -0.39 is 0 Å². The third-order valence-corrected chi connectivity index (χ3v) is 2.27. The second-order valence-electron chi connectivity index (χ2n) is 2.62. The van der Waals surface area contributed by atoms with Crippen molar-refractivity contribution in [3.8, 4) is 5.69 Å². The molecule has 0 radical (unpaired) electrons. The van der Waals surface area contributed by atoms with Crippen molar-refractivity contribution < 1.29 is 0 Å². The van der Waals surface area contributed by atoms with E-state index in [1.54, 1.807) is 10.9 Å². The summed E-state index contributed by atoms with van der Waals surface area (Å²) in [6, 6.07) is 9.35. The third kappa shape index (κ3) is 1.66. The highest BCUT2D eigenvalue weighted by Crippen LogP contribution is 2.14. The Morgan fingerprint density at radius 1 is 1.31 bits per heavy atom. The van der Waals surface area contributed by atoms with E-state index in [0.29, 0.717) is 5.02 Å². The van der Waals surface area contributed by atoms with Crippen molar-refractivity contribution in [2.45, 2.75) is 0 Å². The van der Waals surface area contributed by atoms with Crippen molar-refractivity contribution in [1.29, 1.82) is 0 Å². The first-order chi connectivity index (χ1) is 6.27. The molecule has 13 heavy (non-hydrogen) atoms. The van der Waals surface area contributed by atoms with Crippen molar-refractivity contribution >= 4 is 23.8 Å². The van der Waals surface area contributed by atoms with Crippen LogP contribution in [0.25, 0.3) is 5.69 Å². The number of H-pyrrole nitrogens is 1. The maximum absolute atomic E-state index is 5.85. The van der Waals surface area contributed by atoms with Gasteiger partial charge in [-0.25, -0.2) is 4.68 Å². The van der Waals surface area contributed by atoms with E-state index in [9.17, 15) is 0 Å². The highest BCUT2D eigenvalue weighted by Gasteiger charge is 1.96. The van der Waals surface area contributed by atoms with Crippen LogP contribution in [0.15, 0.2) is 36.5 Å². The third-order valence-electron chi connectivity index (χ3n) is 1.72. The maximum atomic E-state index is 5.85. The van der Waals surface area contributed by atoms with E-state index in [4.69, 9.17) is 23.8 Å². The summed E-state index contributed by atoms with van der Waals surface area (Å²) in [7, 11) is 0. The number of rotatable bonds is 1. The minimum absolute atomic E-state index is 0.703. The molecule has 1 aromatic heterocycles. The zero-order valence-corrected chi connectivity index (χ0v) is 8.27. The Labute approximate surface area is 85.8 Å². The molecule has 4 heteroatoms. The van der Waals surface area contributed by atoms with E-state index in [2.05, 4.69) is 5.10 Å². The number of halogens is 1. The summed E-state index contributed by atoms with van der Waals surface area (Å²) in [5.41, 5.74) is 0.947. The summed E-state index contributed by atoms with van der Waals surface area (Å²) in [5.74, 6) is 0. The summed E-state index contributed by atoms with van der Waals surface area (Å²) in [6.45, 7) is 0. The fraction of sp³-hybridized carbons (Fsp3) is 0. The average molecular weight is 211 g/mol. The standard InChI is InChI=1S/C9H7ClN2S/c10-7-2-1-3-8(6-7)12-9(13)4-5-11-12/h1-6,11H. The number of benzene rings is 1. The molecule has 2 nitrogen and oxygen atoms in total. The van der Waals surface area contributed by atoms with Gasteiger partial charge in [0.25, 0.3) is 0 Å². The summed E-state index contributed by atoms with van der Waals surface area (Å²) < 4.78 is 2.53. The second-order valence-corrected chi connectivity index (χ2v) is 3.47. The molecule has 0 aliphatic carbocycles. The number of aromatic amines is 1. The van der Waals surface area contributed by atoms with Crippen molar-refractivity contribution in [2.75, 3.05) is 0 Å². The fourth-order valence-corrected chi connectivity index (χ4v) is 1.55. The molecule has 0 unspecified atom stereocenters. The first-order valence-electron chi connectivity index (χ1n) is 3.80. The molecule has 0 fully saturated rings. The van der Waals surface area contributed by atoms with Gasteiger partial charge >= 0.3 is 0 Å². The molecule has 1 heterocycles. The van der Waals surface area contributed by atoms with Crippen LogP contribution in [0.1, 0.15) is 0 Å². The second kappa shape index (κ2) is 3.36. The van der Waals surface area contributed by atoms with E-state index >= 15 is 0 Å². The number of nitrogens with one attached hydrogen (secondary N) is 1. The van der Waals surface area contributed by atoms with Gasteiger partial charge in [-0.15, -0.1) is 0 Å². The quantitative estimate of drug-likeness (QED) is 0.717. The summed E-state index contributed by atoms with van der Waals surface area (Å²) in [6.07, 6.45) is 1.79. The van der Waals surface area contributed by atoms with Gasteiger partial charge in [0.05, 0.1) is 5.69 Å². The van der Waals surface area contributed by atoms with Crippen LogP contribution in [-0.4, -0.2) is 9.78 Å². The van der Waals surface area contributed by atoms with Crippen molar-refractivity contribution in [3.05, 3.63) is 46.2 Å². The number of nitrogens with zero attached hydrogens (tertiary/aromatic N) is 1. The fourth-order valence-electron chi connectivity index (χ4n) is 1.14. The van der Waals surface area contributed by atoms with Gasteiger partial charge in [0.2, 0.25) is 0 Å². The number of aromatic nitrogens is 2. The Kier molecular flexibility index (Phi) is 2.20. The molecule has 0 saturated heterocycles. The molecule has 0 atom stereocenters. The van der Waals surface area contributed by atoms with Gasteiger partial charge in [-0.3, -0.25) is 0 Å². The number of hydrogen-bond donors (Lipinski definition) is 1. The molecule has 2 rings (SSSR count). The lowest BCUT2D eigenvalue weighted by molar-refractivity contribution is 0.869. The van der Waals surface area contributed by atoms with Gasteiger partial charge in [-0.1, -0.05) is 29.9 Å². The lowest BCUT2D eigenvalue weighted by Crippen LogP contribution is -1.94. The zero-order valence-electron chi connectivity index (χ0n) is 6.70. The minimum Gasteiger partial charge on any atom is -0.300 e. The van der Waals surface area contributed by atoms with Gasteiger partial charge in [-0.2, -0.15) is 0 Å². The van der Waals surface area contributed by atoms with Crippen molar-refractivity contribution in [2.24, 2.45) is 0 Å². The smallest absolute Gasteiger partial charge is 0.127 e. The molecular formula is C9H7ClN2S. The van der Waals surface area contributed by atoms with Crippen molar-refractivity contribution in [3.63, 3.8) is 0 Å². The maximum Gasteiger partial charge on any atom is 0.127 e. The Balaban J connectivity index is 2.59. The van der Waals surface area contributed by atoms with Crippen LogP contribution in [0, 0.1) is 4.64 Å². The van der Waals surface area contributed by atoms with Crippen LogP contribution in [0.5, 0.6) is 0 Å². The minimum atomic E-state index is 0.703. The highest BCUT2D eigenvalue weighted by molar-refractivity contribution is 7.71. The van der Waals surface area contributed by atoms with E-state index in [1.165, 1.54) is 0 Å². The zero-order chi connectivity index (χ0) is 9.26.